The van der Waals surface area contributed by atoms with E-state index in [1.54, 1.807) is 0 Å². The van der Waals surface area contributed by atoms with E-state index in [9.17, 15) is 9.18 Å². The maximum atomic E-state index is 13.3. The van der Waals surface area contributed by atoms with Crippen LogP contribution in [0.4, 0.5) is 4.39 Å². The molecule has 27 heavy (non-hydrogen) atoms. The lowest BCUT2D eigenvalue weighted by molar-refractivity contribution is -0.123. The summed E-state index contributed by atoms with van der Waals surface area (Å²) in [6.07, 6.45) is 7.07. The fourth-order valence-corrected chi connectivity index (χ4v) is 4.56. The highest BCUT2D eigenvalue weighted by Gasteiger charge is 2.37. The Morgan fingerprint density at radius 1 is 1.22 bits per heavy atom. The van der Waals surface area contributed by atoms with Crippen molar-refractivity contribution in [3.05, 3.63) is 59.7 Å². The molecular weight excluding hydrogens is 343 g/mol. The van der Waals surface area contributed by atoms with Gasteiger partial charge in [-0.05, 0) is 49.1 Å². The molecule has 3 N–H and O–H groups in total. The van der Waals surface area contributed by atoms with E-state index in [0.717, 1.165) is 36.9 Å². The van der Waals surface area contributed by atoms with Gasteiger partial charge >= 0.3 is 0 Å². The van der Waals surface area contributed by atoms with Gasteiger partial charge in [-0.3, -0.25) is 4.79 Å². The van der Waals surface area contributed by atoms with Crippen LogP contribution in [0.2, 0.25) is 0 Å². The zero-order valence-electron chi connectivity index (χ0n) is 15.7. The van der Waals surface area contributed by atoms with Gasteiger partial charge in [0.05, 0.1) is 6.04 Å². The first kappa shape index (κ1) is 18.2. The summed E-state index contributed by atoms with van der Waals surface area (Å²) in [7, 11) is 2.01. The van der Waals surface area contributed by atoms with Gasteiger partial charge in [0.1, 0.15) is 11.9 Å². The van der Waals surface area contributed by atoms with Gasteiger partial charge in [0.2, 0.25) is 5.91 Å². The van der Waals surface area contributed by atoms with E-state index >= 15 is 0 Å². The van der Waals surface area contributed by atoms with E-state index in [-0.39, 0.29) is 29.2 Å². The third-order valence-electron chi connectivity index (χ3n) is 6.18. The summed E-state index contributed by atoms with van der Waals surface area (Å²) in [5.74, 6) is -0.198. The van der Waals surface area contributed by atoms with Crippen molar-refractivity contribution in [2.45, 2.75) is 49.6 Å². The molecule has 1 amide bonds. The Morgan fingerprint density at radius 3 is 2.63 bits per heavy atom. The molecule has 2 heterocycles. The minimum atomic E-state index is -0.253. The van der Waals surface area contributed by atoms with Crippen LogP contribution in [0.15, 0.2) is 42.6 Å². The quantitative estimate of drug-likeness (QED) is 0.759. The van der Waals surface area contributed by atoms with Crippen LogP contribution < -0.4 is 16.2 Å². The van der Waals surface area contributed by atoms with Gasteiger partial charge in [-0.1, -0.05) is 25.0 Å². The Balaban J connectivity index is 1.39. The number of hydrazine groups is 1. The molecule has 1 aromatic heterocycles. The number of carbonyl (C=O) groups excluding carboxylic acids is 1. The lowest BCUT2D eigenvalue weighted by Crippen LogP contribution is -2.47. The van der Waals surface area contributed by atoms with E-state index in [1.807, 2.05) is 31.4 Å². The van der Waals surface area contributed by atoms with Gasteiger partial charge in [0.15, 0.2) is 0 Å². The standard InChI is InChI=1S/C21H27FN4O/c1-26-12-4-5-19(26)17-13-18(25-24-17)20(27)23-14-21(10-2-3-11-21)15-6-8-16(22)9-7-15/h4-9,12,17-18,24-25H,2-3,10-11,13-14H2,1H3,(H,23,27). The smallest absolute Gasteiger partial charge is 0.238 e. The first-order valence-electron chi connectivity index (χ1n) is 9.73. The second-order valence-corrected chi connectivity index (χ2v) is 7.89. The predicted octanol–water partition coefficient (Wildman–Crippen LogP) is 2.70. The summed E-state index contributed by atoms with van der Waals surface area (Å²) in [5, 5.41) is 3.16. The first-order chi connectivity index (χ1) is 13.1. The largest absolute Gasteiger partial charge is 0.354 e. The molecule has 1 aliphatic heterocycles. The number of halogens is 1. The Labute approximate surface area is 159 Å². The number of amides is 1. The fourth-order valence-electron chi connectivity index (χ4n) is 4.56. The number of benzene rings is 1. The fraction of sp³-hybridized carbons (Fsp3) is 0.476. The van der Waals surface area contributed by atoms with Crippen LogP contribution in [0.25, 0.3) is 0 Å². The molecule has 2 aromatic rings. The third kappa shape index (κ3) is 3.64. The summed E-state index contributed by atoms with van der Waals surface area (Å²) in [5.41, 5.74) is 8.58. The molecule has 2 unspecified atom stereocenters. The van der Waals surface area contributed by atoms with Gasteiger partial charge in [0.25, 0.3) is 0 Å². The molecule has 2 atom stereocenters. The molecule has 0 radical (unpaired) electrons. The summed E-state index contributed by atoms with van der Waals surface area (Å²) in [4.78, 5) is 12.7. The molecule has 1 aromatic carbocycles. The van der Waals surface area contributed by atoms with Crippen LogP contribution in [0.5, 0.6) is 0 Å². The van der Waals surface area contributed by atoms with Crippen molar-refractivity contribution >= 4 is 5.91 Å². The molecule has 4 rings (SSSR count). The maximum Gasteiger partial charge on any atom is 0.238 e. The average molecular weight is 370 g/mol. The molecule has 144 valence electrons. The number of rotatable bonds is 5. The van der Waals surface area contributed by atoms with Crippen molar-refractivity contribution < 1.29 is 9.18 Å². The highest BCUT2D eigenvalue weighted by Crippen LogP contribution is 2.40. The summed E-state index contributed by atoms with van der Waals surface area (Å²) >= 11 is 0. The van der Waals surface area contributed by atoms with Gasteiger partial charge in [-0.25, -0.2) is 15.2 Å². The molecule has 2 fully saturated rings. The van der Waals surface area contributed by atoms with Crippen molar-refractivity contribution in [2.24, 2.45) is 7.05 Å². The van der Waals surface area contributed by atoms with Crippen LogP contribution in [0.3, 0.4) is 0 Å². The molecule has 6 heteroatoms. The molecule has 1 saturated carbocycles. The molecule has 2 aliphatic rings. The third-order valence-corrected chi connectivity index (χ3v) is 6.18. The Hall–Kier alpha value is -2.18. The number of aromatic nitrogens is 1. The van der Waals surface area contributed by atoms with E-state index < -0.39 is 0 Å². The van der Waals surface area contributed by atoms with Gasteiger partial charge < -0.3 is 9.88 Å². The first-order valence-corrected chi connectivity index (χ1v) is 9.73. The van der Waals surface area contributed by atoms with Gasteiger partial charge in [0, 0.05) is 30.9 Å². The van der Waals surface area contributed by atoms with Gasteiger partial charge in [-0.2, -0.15) is 0 Å². The van der Waals surface area contributed by atoms with E-state index in [4.69, 9.17) is 0 Å². The van der Waals surface area contributed by atoms with Crippen molar-refractivity contribution in [3.63, 3.8) is 0 Å². The molecule has 0 bridgehead atoms. The lowest BCUT2D eigenvalue weighted by Gasteiger charge is -2.30. The van der Waals surface area contributed by atoms with Crippen LogP contribution >= 0.6 is 0 Å². The summed E-state index contributed by atoms with van der Waals surface area (Å²) in [6.45, 7) is 0.602. The van der Waals surface area contributed by atoms with Crippen molar-refractivity contribution in [1.82, 2.24) is 20.7 Å². The summed E-state index contributed by atoms with van der Waals surface area (Å²) in [6, 6.07) is 10.7. The molecule has 0 spiro atoms. The van der Waals surface area contributed by atoms with Crippen LogP contribution in [-0.2, 0) is 17.3 Å². The number of aryl methyl sites for hydroxylation is 1. The van der Waals surface area contributed by atoms with Crippen LogP contribution in [-0.4, -0.2) is 23.1 Å². The second kappa shape index (κ2) is 7.44. The Bertz CT molecular complexity index is 795. The Kier molecular flexibility index (Phi) is 5.02. The number of nitrogens with zero attached hydrogens (tertiary/aromatic N) is 1. The average Bonchev–Trinajstić information content (AvgIpc) is 3.41. The molecule has 5 nitrogen and oxygen atoms in total. The van der Waals surface area contributed by atoms with Crippen LogP contribution in [0, 0.1) is 5.82 Å². The summed E-state index contributed by atoms with van der Waals surface area (Å²) < 4.78 is 15.4. The minimum Gasteiger partial charge on any atom is -0.354 e. The highest BCUT2D eigenvalue weighted by atomic mass is 19.1. The van der Waals surface area contributed by atoms with E-state index in [1.165, 1.54) is 12.1 Å². The number of hydrogen-bond acceptors (Lipinski definition) is 3. The maximum absolute atomic E-state index is 13.3. The van der Waals surface area contributed by atoms with Gasteiger partial charge in [-0.15, -0.1) is 0 Å². The van der Waals surface area contributed by atoms with Crippen molar-refractivity contribution in [2.75, 3.05) is 6.54 Å². The SMILES string of the molecule is Cn1cccc1C1CC(C(=O)NCC2(c3ccc(F)cc3)CCCC2)NN1. The van der Waals surface area contributed by atoms with Crippen molar-refractivity contribution in [3.8, 4) is 0 Å². The lowest BCUT2D eigenvalue weighted by atomic mass is 9.78. The number of carbonyl (C=O) groups is 1. The number of hydrogen-bond donors (Lipinski definition) is 3. The zero-order chi connectivity index (χ0) is 18.9. The zero-order valence-corrected chi connectivity index (χ0v) is 15.7. The monoisotopic (exact) mass is 370 g/mol. The number of nitrogens with one attached hydrogen (secondary N) is 3. The predicted molar refractivity (Wildman–Crippen MR) is 102 cm³/mol. The minimum absolute atomic E-state index is 0.0209. The highest BCUT2D eigenvalue weighted by molar-refractivity contribution is 5.82. The second-order valence-electron chi connectivity index (χ2n) is 7.89. The van der Waals surface area contributed by atoms with E-state index in [0.29, 0.717) is 13.0 Å². The van der Waals surface area contributed by atoms with Crippen LogP contribution in [0.1, 0.15) is 49.4 Å². The van der Waals surface area contributed by atoms with E-state index in [2.05, 4.69) is 26.8 Å². The normalized spacial score (nSPS) is 24.2. The topological polar surface area (TPSA) is 58.1 Å². The molecular formula is C21H27FN4O. The Morgan fingerprint density at radius 2 is 1.96 bits per heavy atom. The van der Waals surface area contributed by atoms with Crippen molar-refractivity contribution in [1.29, 1.82) is 0 Å². The molecule has 1 saturated heterocycles. The molecule has 1 aliphatic carbocycles.